The van der Waals surface area contributed by atoms with Crippen molar-refractivity contribution < 1.29 is 19.1 Å². The van der Waals surface area contributed by atoms with Crippen LogP contribution in [0.25, 0.3) is 0 Å². The van der Waals surface area contributed by atoms with Crippen LogP contribution in [-0.4, -0.2) is 49.7 Å². The third-order valence-electron chi connectivity index (χ3n) is 2.94. The first-order chi connectivity index (χ1) is 9.65. The Hall–Kier alpha value is -2.24. The van der Waals surface area contributed by atoms with Crippen molar-refractivity contribution in [2.24, 2.45) is 0 Å². The number of carbonyl (C=O) groups excluding carboxylic acids is 2. The molecule has 1 saturated heterocycles. The lowest BCUT2D eigenvalue weighted by atomic mass is 10.2. The fraction of sp³-hybridized carbons (Fsp3) is 0.429. The molecule has 0 bridgehead atoms. The van der Waals surface area contributed by atoms with E-state index in [1.54, 1.807) is 4.90 Å². The molecule has 6 heteroatoms. The van der Waals surface area contributed by atoms with E-state index < -0.39 is 0 Å². The molecular weight excluding hydrogens is 260 g/mol. The van der Waals surface area contributed by atoms with Crippen molar-refractivity contribution in [1.29, 1.82) is 0 Å². The van der Waals surface area contributed by atoms with Gasteiger partial charge in [-0.05, 0) is 19.1 Å². The average Bonchev–Trinajstić information content (AvgIpc) is 2.84. The molecule has 1 N–H and O–H groups in total. The number of cyclic esters (lactones) is 1. The molecule has 0 radical (unpaired) electrons. The Morgan fingerprint density at radius 1 is 1.40 bits per heavy atom. The molecule has 1 aliphatic rings. The number of amides is 2. The fourth-order valence-electron chi connectivity index (χ4n) is 1.79. The zero-order chi connectivity index (χ0) is 14.4. The number of nitrogens with one attached hydrogen (secondary N) is 1. The topological polar surface area (TPSA) is 67.9 Å². The molecule has 2 rings (SSSR count). The van der Waals surface area contributed by atoms with E-state index in [1.807, 2.05) is 31.2 Å². The van der Waals surface area contributed by atoms with Crippen molar-refractivity contribution in [1.82, 2.24) is 10.2 Å². The Morgan fingerprint density at radius 2 is 2.15 bits per heavy atom. The number of carbonyl (C=O) groups is 2. The summed E-state index contributed by atoms with van der Waals surface area (Å²) in [6.45, 7) is 3.80. The SMILES string of the molecule is Cc1ccc(OCC(=O)NCCN2CCOC2=O)cc1. The molecule has 2 amide bonds. The average molecular weight is 278 g/mol. The van der Waals surface area contributed by atoms with Gasteiger partial charge in [-0.1, -0.05) is 17.7 Å². The van der Waals surface area contributed by atoms with Gasteiger partial charge in [-0.2, -0.15) is 0 Å². The number of nitrogens with zero attached hydrogens (tertiary/aromatic N) is 1. The highest BCUT2D eigenvalue weighted by Crippen LogP contribution is 2.10. The largest absolute Gasteiger partial charge is 0.484 e. The van der Waals surface area contributed by atoms with Crippen molar-refractivity contribution in [3.63, 3.8) is 0 Å². The van der Waals surface area contributed by atoms with Gasteiger partial charge in [0.25, 0.3) is 5.91 Å². The lowest BCUT2D eigenvalue weighted by Gasteiger charge is -2.13. The minimum atomic E-state index is -0.324. The summed E-state index contributed by atoms with van der Waals surface area (Å²) in [5, 5.41) is 2.70. The molecule has 0 saturated carbocycles. The summed E-state index contributed by atoms with van der Waals surface area (Å²) in [6.07, 6.45) is -0.324. The van der Waals surface area contributed by atoms with Crippen LogP contribution >= 0.6 is 0 Å². The van der Waals surface area contributed by atoms with E-state index in [-0.39, 0.29) is 18.6 Å². The smallest absolute Gasteiger partial charge is 0.409 e. The summed E-state index contributed by atoms with van der Waals surface area (Å²) in [7, 11) is 0. The zero-order valence-corrected chi connectivity index (χ0v) is 11.4. The van der Waals surface area contributed by atoms with E-state index in [0.717, 1.165) is 5.56 Å². The molecule has 1 heterocycles. The van der Waals surface area contributed by atoms with Gasteiger partial charge in [0.1, 0.15) is 12.4 Å². The zero-order valence-electron chi connectivity index (χ0n) is 11.4. The Kier molecular flexibility index (Phi) is 4.81. The van der Waals surface area contributed by atoms with Crippen LogP contribution in [0.3, 0.4) is 0 Å². The Balaban J connectivity index is 1.63. The maximum atomic E-state index is 11.6. The van der Waals surface area contributed by atoms with Gasteiger partial charge in [-0.15, -0.1) is 0 Å². The van der Waals surface area contributed by atoms with Crippen LogP contribution in [0.5, 0.6) is 5.75 Å². The molecule has 0 aliphatic carbocycles. The summed E-state index contributed by atoms with van der Waals surface area (Å²) in [5.41, 5.74) is 1.14. The van der Waals surface area contributed by atoms with Crippen molar-refractivity contribution >= 4 is 12.0 Å². The van der Waals surface area contributed by atoms with Crippen molar-refractivity contribution in [2.75, 3.05) is 32.8 Å². The molecule has 0 unspecified atom stereocenters. The summed E-state index contributed by atoms with van der Waals surface area (Å²) in [4.78, 5) is 24.3. The summed E-state index contributed by atoms with van der Waals surface area (Å²) in [6, 6.07) is 7.49. The predicted octanol–water partition coefficient (Wildman–Crippen LogP) is 0.942. The number of rotatable bonds is 6. The van der Waals surface area contributed by atoms with Gasteiger partial charge in [0.2, 0.25) is 0 Å². The molecule has 1 aliphatic heterocycles. The molecule has 1 aromatic rings. The molecule has 1 fully saturated rings. The van der Waals surface area contributed by atoms with Gasteiger partial charge < -0.3 is 19.7 Å². The quantitative estimate of drug-likeness (QED) is 0.841. The maximum Gasteiger partial charge on any atom is 0.409 e. The molecular formula is C14H18N2O4. The fourth-order valence-corrected chi connectivity index (χ4v) is 1.79. The van der Waals surface area contributed by atoms with Crippen molar-refractivity contribution in [3.05, 3.63) is 29.8 Å². The Morgan fingerprint density at radius 3 is 2.80 bits per heavy atom. The van der Waals surface area contributed by atoms with E-state index >= 15 is 0 Å². The Bertz CT molecular complexity index is 473. The molecule has 108 valence electrons. The normalized spacial score (nSPS) is 14.1. The van der Waals surface area contributed by atoms with Crippen molar-refractivity contribution in [2.45, 2.75) is 6.92 Å². The van der Waals surface area contributed by atoms with Gasteiger partial charge in [0.15, 0.2) is 6.61 Å². The lowest BCUT2D eigenvalue weighted by molar-refractivity contribution is -0.123. The van der Waals surface area contributed by atoms with Crippen LogP contribution in [0, 0.1) is 6.92 Å². The molecule has 0 aromatic heterocycles. The number of hydrogen-bond acceptors (Lipinski definition) is 4. The third kappa shape index (κ3) is 4.15. The number of ether oxygens (including phenoxy) is 2. The van der Waals surface area contributed by atoms with E-state index in [1.165, 1.54) is 0 Å². The monoisotopic (exact) mass is 278 g/mol. The maximum absolute atomic E-state index is 11.6. The minimum Gasteiger partial charge on any atom is -0.484 e. The van der Waals surface area contributed by atoms with Crippen LogP contribution in [-0.2, 0) is 9.53 Å². The van der Waals surface area contributed by atoms with Crippen LogP contribution in [0.4, 0.5) is 4.79 Å². The van der Waals surface area contributed by atoms with Crippen LogP contribution < -0.4 is 10.1 Å². The summed E-state index contributed by atoms with van der Waals surface area (Å²) < 4.78 is 10.1. The molecule has 20 heavy (non-hydrogen) atoms. The second kappa shape index (κ2) is 6.79. The second-order valence-corrected chi connectivity index (χ2v) is 4.55. The van der Waals surface area contributed by atoms with Gasteiger partial charge >= 0.3 is 6.09 Å². The standard InChI is InChI=1S/C14H18N2O4/c1-11-2-4-12(5-3-11)20-10-13(17)15-6-7-16-8-9-19-14(16)18/h2-5H,6-10H2,1H3,(H,15,17). The first-order valence-electron chi connectivity index (χ1n) is 6.53. The molecule has 0 atom stereocenters. The highest BCUT2D eigenvalue weighted by atomic mass is 16.6. The van der Waals surface area contributed by atoms with Gasteiger partial charge in [0, 0.05) is 13.1 Å². The van der Waals surface area contributed by atoms with Crippen LogP contribution in [0.15, 0.2) is 24.3 Å². The summed E-state index contributed by atoms with van der Waals surface area (Å²) >= 11 is 0. The highest BCUT2D eigenvalue weighted by molar-refractivity contribution is 5.77. The first kappa shape index (κ1) is 14.2. The van der Waals surface area contributed by atoms with Gasteiger partial charge in [-0.25, -0.2) is 4.79 Å². The Labute approximate surface area is 117 Å². The van der Waals surface area contributed by atoms with E-state index in [0.29, 0.717) is 32.0 Å². The minimum absolute atomic E-state index is 0.0342. The summed E-state index contributed by atoms with van der Waals surface area (Å²) in [5.74, 6) is 0.451. The van der Waals surface area contributed by atoms with E-state index in [2.05, 4.69) is 5.32 Å². The molecule has 6 nitrogen and oxygen atoms in total. The number of benzene rings is 1. The van der Waals surface area contributed by atoms with Gasteiger partial charge in [-0.3, -0.25) is 4.79 Å². The van der Waals surface area contributed by atoms with E-state index in [4.69, 9.17) is 9.47 Å². The number of hydrogen-bond donors (Lipinski definition) is 1. The van der Waals surface area contributed by atoms with Gasteiger partial charge in [0.05, 0.1) is 6.54 Å². The van der Waals surface area contributed by atoms with E-state index in [9.17, 15) is 9.59 Å². The number of aryl methyl sites for hydroxylation is 1. The van der Waals surface area contributed by atoms with Crippen LogP contribution in [0.1, 0.15) is 5.56 Å². The first-order valence-corrected chi connectivity index (χ1v) is 6.53. The highest BCUT2D eigenvalue weighted by Gasteiger charge is 2.21. The van der Waals surface area contributed by atoms with Crippen molar-refractivity contribution in [3.8, 4) is 5.75 Å². The third-order valence-corrected chi connectivity index (χ3v) is 2.94. The molecule has 0 spiro atoms. The van der Waals surface area contributed by atoms with Crippen LogP contribution in [0.2, 0.25) is 0 Å². The predicted molar refractivity (Wildman–Crippen MR) is 72.6 cm³/mol. The second-order valence-electron chi connectivity index (χ2n) is 4.55. The molecule has 1 aromatic carbocycles. The lowest BCUT2D eigenvalue weighted by Crippen LogP contribution is -2.37.